The Kier molecular flexibility index (Phi) is 2.88. The molecule has 0 saturated heterocycles. The lowest BCUT2D eigenvalue weighted by Gasteiger charge is -2.14. The lowest BCUT2D eigenvalue weighted by Crippen LogP contribution is -2.12. The van der Waals surface area contributed by atoms with E-state index >= 15 is 0 Å². The molecule has 2 N–H and O–H groups in total. The van der Waals surface area contributed by atoms with E-state index in [0.717, 1.165) is 41.0 Å². The van der Waals surface area contributed by atoms with Gasteiger partial charge in [-0.05, 0) is 13.8 Å². The monoisotopic (exact) mass is 269 g/mol. The summed E-state index contributed by atoms with van der Waals surface area (Å²) in [6, 6.07) is 0. The van der Waals surface area contributed by atoms with Gasteiger partial charge in [0.25, 0.3) is 0 Å². The summed E-state index contributed by atoms with van der Waals surface area (Å²) >= 11 is 6.41. The summed E-state index contributed by atoms with van der Waals surface area (Å²) in [6.07, 6.45) is 1.83. The molecule has 0 saturated carbocycles. The summed E-state index contributed by atoms with van der Waals surface area (Å²) in [4.78, 5) is 0. The first kappa shape index (κ1) is 12.1. The number of hydroxylamine groups is 1. The van der Waals surface area contributed by atoms with E-state index in [2.05, 4.69) is 5.48 Å². The Labute approximate surface area is 111 Å². The Morgan fingerprint density at radius 1 is 1.17 bits per heavy atom. The average molecular weight is 270 g/mol. The van der Waals surface area contributed by atoms with Gasteiger partial charge in [0.1, 0.15) is 23.7 Å². The van der Waals surface area contributed by atoms with Crippen molar-refractivity contribution in [2.45, 2.75) is 45.4 Å². The third kappa shape index (κ3) is 1.67. The molecule has 2 heterocycles. The summed E-state index contributed by atoms with van der Waals surface area (Å²) in [7, 11) is 0. The SMILES string of the molecule is CC1Cc2c(CNO)c3c(c(Cl)c2O1)CC(C)O3. The van der Waals surface area contributed by atoms with Crippen molar-refractivity contribution in [2.75, 3.05) is 0 Å². The molecule has 2 aliphatic rings. The number of nitrogens with one attached hydrogen (secondary N) is 1. The van der Waals surface area contributed by atoms with E-state index in [0.29, 0.717) is 11.6 Å². The molecule has 3 rings (SSSR count). The third-order valence-corrected chi connectivity index (χ3v) is 3.93. The summed E-state index contributed by atoms with van der Waals surface area (Å²) in [5, 5.41) is 9.68. The van der Waals surface area contributed by atoms with Gasteiger partial charge < -0.3 is 14.7 Å². The van der Waals surface area contributed by atoms with Crippen LogP contribution in [0.25, 0.3) is 0 Å². The van der Waals surface area contributed by atoms with E-state index in [-0.39, 0.29) is 12.2 Å². The molecule has 98 valence electrons. The van der Waals surface area contributed by atoms with Gasteiger partial charge in [0.2, 0.25) is 0 Å². The van der Waals surface area contributed by atoms with E-state index in [1.807, 2.05) is 13.8 Å². The van der Waals surface area contributed by atoms with E-state index in [9.17, 15) is 0 Å². The minimum atomic E-state index is 0.120. The first-order chi connectivity index (χ1) is 8.61. The molecule has 0 fully saturated rings. The van der Waals surface area contributed by atoms with E-state index in [4.69, 9.17) is 26.3 Å². The summed E-state index contributed by atoms with van der Waals surface area (Å²) in [6.45, 7) is 4.38. The molecule has 0 bridgehead atoms. The number of rotatable bonds is 2. The molecule has 0 amide bonds. The fourth-order valence-electron chi connectivity index (χ4n) is 2.82. The predicted octanol–water partition coefficient (Wildman–Crippen LogP) is 2.47. The van der Waals surface area contributed by atoms with E-state index in [1.54, 1.807) is 0 Å². The van der Waals surface area contributed by atoms with Gasteiger partial charge in [-0.3, -0.25) is 0 Å². The zero-order chi connectivity index (χ0) is 12.9. The van der Waals surface area contributed by atoms with Crippen molar-refractivity contribution < 1.29 is 14.7 Å². The molecular weight excluding hydrogens is 254 g/mol. The smallest absolute Gasteiger partial charge is 0.142 e. The molecule has 18 heavy (non-hydrogen) atoms. The average Bonchev–Trinajstić information content (AvgIpc) is 2.88. The molecule has 1 aromatic rings. The van der Waals surface area contributed by atoms with Crippen LogP contribution in [0.2, 0.25) is 5.02 Å². The van der Waals surface area contributed by atoms with Crippen molar-refractivity contribution in [1.29, 1.82) is 0 Å². The maximum Gasteiger partial charge on any atom is 0.142 e. The molecule has 1 aromatic carbocycles. The van der Waals surface area contributed by atoms with Gasteiger partial charge >= 0.3 is 0 Å². The van der Waals surface area contributed by atoms with Crippen LogP contribution in [0.1, 0.15) is 30.5 Å². The van der Waals surface area contributed by atoms with Crippen LogP contribution in [-0.2, 0) is 19.4 Å². The third-order valence-electron chi connectivity index (χ3n) is 3.53. The van der Waals surface area contributed by atoms with Crippen LogP contribution < -0.4 is 15.0 Å². The Balaban J connectivity index is 2.19. The van der Waals surface area contributed by atoms with Gasteiger partial charge in [-0.25, -0.2) is 5.48 Å². The van der Waals surface area contributed by atoms with Gasteiger partial charge in [-0.2, -0.15) is 0 Å². The second kappa shape index (κ2) is 4.30. The van der Waals surface area contributed by atoms with Crippen molar-refractivity contribution >= 4 is 11.6 Å². The minimum absolute atomic E-state index is 0.120. The molecule has 2 aliphatic heterocycles. The normalized spacial score (nSPS) is 24.4. The van der Waals surface area contributed by atoms with E-state index < -0.39 is 0 Å². The number of hydrogen-bond donors (Lipinski definition) is 2. The van der Waals surface area contributed by atoms with Crippen LogP contribution in [0.3, 0.4) is 0 Å². The van der Waals surface area contributed by atoms with Crippen LogP contribution in [0.4, 0.5) is 0 Å². The molecule has 2 atom stereocenters. The number of halogens is 1. The van der Waals surface area contributed by atoms with Gasteiger partial charge in [0, 0.05) is 36.1 Å². The largest absolute Gasteiger partial charge is 0.490 e. The van der Waals surface area contributed by atoms with Crippen LogP contribution in [0.5, 0.6) is 11.5 Å². The predicted molar refractivity (Wildman–Crippen MR) is 67.7 cm³/mol. The van der Waals surface area contributed by atoms with Crippen molar-refractivity contribution in [2.24, 2.45) is 0 Å². The summed E-state index contributed by atoms with van der Waals surface area (Å²) in [5.41, 5.74) is 5.25. The molecule has 2 unspecified atom stereocenters. The van der Waals surface area contributed by atoms with E-state index in [1.165, 1.54) is 0 Å². The van der Waals surface area contributed by atoms with Crippen molar-refractivity contribution in [3.63, 3.8) is 0 Å². The molecule has 0 aliphatic carbocycles. The van der Waals surface area contributed by atoms with Gasteiger partial charge in [0.15, 0.2) is 0 Å². The Hall–Kier alpha value is -0.970. The number of ether oxygens (including phenoxy) is 2. The molecular formula is C13H16ClNO3. The van der Waals surface area contributed by atoms with Crippen LogP contribution in [-0.4, -0.2) is 17.4 Å². The molecule has 0 aromatic heterocycles. The summed E-state index contributed by atoms with van der Waals surface area (Å²) < 4.78 is 11.6. The fraction of sp³-hybridized carbons (Fsp3) is 0.538. The quantitative estimate of drug-likeness (QED) is 0.810. The maximum atomic E-state index is 9.00. The molecule has 0 radical (unpaired) electrons. The van der Waals surface area contributed by atoms with Crippen molar-refractivity contribution in [3.8, 4) is 11.5 Å². The Morgan fingerprint density at radius 3 is 2.44 bits per heavy atom. The summed E-state index contributed by atoms with van der Waals surface area (Å²) in [5.74, 6) is 1.59. The lowest BCUT2D eigenvalue weighted by atomic mass is 9.98. The molecule has 5 heteroatoms. The van der Waals surface area contributed by atoms with Crippen LogP contribution >= 0.6 is 11.6 Å². The highest BCUT2D eigenvalue weighted by molar-refractivity contribution is 6.33. The minimum Gasteiger partial charge on any atom is -0.490 e. The highest BCUT2D eigenvalue weighted by Gasteiger charge is 2.34. The standard InChI is InChI=1S/C13H16ClNO3/c1-6-3-8-10(5-15-16)12-9(4-7(2)17-12)11(14)13(8)18-6/h6-7,15-16H,3-5H2,1-2H3. The van der Waals surface area contributed by atoms with Gasteiger partial charge in [-0.1, -0.05) is 11.6 Å². The topological polar surface area (TPSA) is 50.7 Å². The number of benzene rings is 1. The van der Waals surface area contributed by atoms with Gasteiger partial charge in [0.05, 0.1) is 5.02 Å². The fourth-order valence-corrected chi connectivity index (χ4v) is 3.14. The first-order valence-corrected chi connectivity index (χ1v) is 6.56. The Bertz CT molecular complexity index is 464. The van der Waals surface area contributed by atoms with Crippen LogP contribution in [0.15, 0.2) is 0 Å². The molecule has 0 spiro atoms. The number of hydrogen-bond acceptors (Lipinski definition) is 4. The maximum absolute atomic E-state index is 9.00. The zero-order valence-corrected chi connectivity index (χ0v) is 11.2. The Morgan fingerprint density at radius 2 is 1.78 bits per heavy atom. The van der Waals surface area contributed by atoms with Gasteiger partial charge in [-0.15, -0.1) is 0 Å². The van der Waals surface area contributed by atoms with Crippen LogP contribution in [0, 0.1) is 0 Å². The van der Waals surface area contributed by atoms with Crippen molar-refractivity contribution in [1.82, 2.24) is 5.48 Å². The second-order valence-corrected chi connectivity index (χ2v) is 5.39. The highest BCUT2D eigenvalue weighted by atomic mass is 35.5. The lowest BCUT2D eigenvalue weighted by molar-refractivity contribution is 0.158. The zero-order valence-electron chi connectivity index (χ0n) is 10.4. The van der Waals surface area contributed by atoms with Crippen molar-refractivity contribution in [3.05, 3.63) is 21.7 Å². The second-order valence-electron chi connectivity index (χ2n) is 5.01. The number of fused-ring (bicyclic) bond motifs is 2. The first-order valence-electron chi connectivity index (χ1n) is 6.18. The highest BCUT2D eigenvalue weighted by Crippen LogP contribution is 2.49. The molecule has 4 nitrogen and oxygen atoms in total.